The fourth-order valence-electron chi connectivity index (χ4n) is 3.60. The lowest BCUT2D eigenvalue weighted by molar-refractivity contribution is -0.128. The Bertz CT molecular complexity index is 445. The molecule has 1 fully saturated rings. The molecule has 1 N–H and O–H groups in total. The molecule has 0 amide bonds. The summed E-state index contributed by atoms with van der Waals surface area (Å²) in [4.78, 5) is 0. The molecule has 1 atom stereocenters. The van der Waals surface area contributed by atoms with Gasteiger partial charge in [-0.3, -0.25) is 0 Å². The first kappa shape index (κ1) is 16.5. The average molecular weight is 290 g/mol. The van der Waals surface area contributed by atoms with Crippen molar-refractivity contribution < 1.29 is 9.84 Å². The molecular formula is C19H30O2. The first-order valence-electron chi connectivity index (χ1n) is 8.45. The van der Waals surface area contributed by atoms with E-state index in [1.807, 2.05) is 6.92 Å². The highest BCUT2D eigenvalue weighted by Crippen LogP contribution is 2.35. The van der Waals surface area contributed by atoms with Crippen molar-refractivity contribution in [1.82, 2.24) is 0 Å². The standard InChI is InChI=1S/C19H30O2/c1-4-21-19(11-7-5-6-8-12-19)18(20)14-17-13-15(2)9-10-16(17)3/h9-10,13,18,20H,4-8,11-12,14H2,1-3H3. The maximum absolute atomic E-state index is 10.9. The van der Waals surface area contributed by atoms with Crippen LogP contribution in [0.3, 0.4) is 0 Å². The van der Waals surface area contributed by atoms with E-state index in [-0.39, 0.29) is 5.60 Å². The van der Waals surface area contributed by atoms with Crippen LogP contribution in [0.5, 0.6) is 0 Å². The van der Waals surface area contributed by atoms with Crippen LogP contribution in [0.2, 0.25) is 0 Å². The molecular weight excluding hydrogens is 260 g/mol. The zero-order valence-corrected chi connectivity index (χ0v) is 13.8. The van der Waals surface area contributed by atoms with Gasteiger partial charge in [0.1, 0.15) is 0 Å². The molecule has 118 valence electrons. The summed E-state index contributed by atoms with van der Waals surface area (Å²) < 4.78 is 6.10. The summed E-state index contributed by atoms with van der Waals surface area (Å²) in [6.07, 6.45) is 7.16. The second-order valence-electron chi connectivity index (χ2n) is 6.56. The van der Waals surface area contributed by atoms with Crippen LogP contribution in [-0.4, -0.2) is 23.4 Å². The number of aliphatic hydroxyl groups excluding tert-OH is 1. The van der Waals surface area contributed by atoms with E-state index in [1.54, 1.807) is 0 Å². The number of aryl methyl sites for hydroxylation is 2. The number of hydrogen-bond donors (Lipinski definition) is 1. The van der Waals surface area contributed by atoms with E-state index in [2.05, 4.69) is 32.0 Å². The number of ether oxygens (including phenoxy) is 1. The molecule has 0 radical (unpaired) electrons. The van der Waals surface area contributed by atoms with Crippen molar-refractivity contribution in [3.05, 3.63) is 34.9 Å². The van der Waals surface area contributed by atoms with Crippen LogP contribution in [0.15, 0.2) is 18.2 Å². The summed E-state index contributed by atoms with van der Waals surface area (Å²) in [6.45, 7) is 6.96. The van der Waals surface area contributed by atoms with Gasteiger partial charge >= 0.3 is 0 Å². The number of benzene rings is 1. The summed E-state index contributed by atoms with van der Waals surface area (Å²) in [5, 5.41) is 10.9. The predicted molar refractivity (Wildman–Crippen MR) is 87.7 cm³/mol. The molecule has 0 aromatic heterocycles. The Labute approximate surface area is 129 Å². The Morgan fingerprint density at radius 2 is 1.81 bits per heavy atom. The minimum absolute atomic E-state index is 0.332. The second kappa shape index (κ2) is 7.42. The van der Waals surface area contributed by atoms with Crippen LogP contribution in [0.1, 0.15) is 62.1 Å². The summed E-state index contributed by atoms with van der Waals surface area (Å²) in [5.74, 6) is 0. The van der Waals surface area contributed by atoms with Crippen molar-refractivity contribution in [1.29, 1.82) is 0 Å². The van der Waals surface area contributed by atoms with Crippen LogP contribution < -0.4 is 0 Å². The normalized spacial score (nSPS) is 20.0. The van der Waals surface area contributed by atoms with Crippen molar-refractivity contribution >= 4 is 0 Å². The van der Waals surface area contributed by atoms with Gasteiger partial charge in [-0.2, -0.15) is 0 Å². The van der Waals surface area contributed by atoms with E-state index in [4.69, 9.17) is 4.74 Å². The van der Waals surface area contributed by atoms with Crippen molar-refractivity contribution in [2.75, 3.05) is 6.61 Å². The van der Waals surface area contributed by atoms with Crippen LogP contribution in [0, 0.1) is 13.8 Å². The molecule has 0 heterocycles. The maximum atomic E-state index is 10.9. The first-order chi connectivity index (χ1) is 10.1. The van der Waals surface area contributed by atoms with E-state index in [1.165, 1.54) is 42.4 Å². The third kappa shape index (κ3) is 4.08. The topological polar surface area (TPSA) is 29.5 Å². The van der Waals surface area contributed by atoms with Gasteiger partial charge in [0.05, 0.1) is 11.7 Å². The predicted octanol–water partition coefficient (Wildman–Crippen LogP) is 4.34. The van der Waals surface area contributed by atoms with Crippen molar-refractivity contribution in [3.63, 3.8) is 0 Å². The van der Waals surface area contributed by atoms with E-state index in [9.17, 15) is 5.11 Å². The van der Waals surface area contributed by atoms with Crippen LogP contribution >= 0.6 is 0 Å². The van der Waals surface area contributed by atoms with Gasteiger partial charge in [-0.05, 0) is 44.7 Å². The minimum atomic E-state index is -0.406. The summed E-state index contributed by atoms with van der Waals surface area (Å²) >= 11 is 0. The number of aliphatic hydroxyl groups is 1. The van der Waals surface area contributed by atoms with E-state index in [0.29, 0.717) is 13.0 Å². The van der Waals surface area contributed by atoms with Crippen LogP contribution in [-0.2, 0) is 11.2 Å². The molecule has 2 heteroatoms. The lowest BCUT2D eigenvalue weighted by Crippen LogP contribution is -2.46. The van der Waals surface area contributed by atoms with Gasteiger partial charge < -0.3 is 9.84 Å². The van der Waals surface area contributed by atoms with Crippen molar-refractivity contribution in [2.45, 2.75) is 77.4 Å². The summed E-state index contributed by atoms with van der Waals surface area (Å²) in [6, 6.07) is 6.49. The van der Waals surface area contributed by atoms with Gasteiger partial charge in [0.15, 0.2) is 0 Å². The highest BCUT2D eigenvalue weighted by atomic mass is 16.5. The van der Waals surface area contributed by atoms with Gasteiger partial charge in [-0.1, -0.05) is 49.4 Å². The van der Waals surface area contributed by atoms with Crippen LogP contribution in [0.25, 0.3) is 0 Å². The van der Waals surface area contributed by atoms with E-state index < -0.39 is 6.10 Å². The second-order valence-corrected chi connectivity index (χ2v) is 6.56. The average Bonchev–Trinajstić information content (AvgIpc) is 2.70. The lowest BCUT2D eigenvalue weighted by atomic mass is 9.84. The molecule has 2 nitrogen and oxygen atoms in total. The molecule has 1 aliphatic rings. The highest BCUT2D eigenvalue weighted by Gasteiger charge is 2.38. The molecule has 2 rings (SSSR count). The molecule has 1 unspecified atom stereocenters. The summed E-state index contributed by atoms with van der Waals surface area (Å²) in [7, 11) is 0. The minimum Gasteiger partial charge on any atom is -0.390 e. The van der Waals surface area contributed by atoms with Gasteiger partial charge in [-0.25, -0.2) is 0 Å². The fraction of sp³-hybridized carbons (Fsp3) is 0.684. The van der Waals surface area contributed by atoms with Crippen LogP contribution in [0.4, 0.5) is 0 Å². The zero-order valence-electron chi connectivity index (χ0n) is 13.8. The Kier molecular flexibility index (Phi) is 5.83. The zero-order chi connectivity index (χ0) is 15.3. The lowest BCUT2D eigenvalue weighted by Gasteiger charge is -2.37. The molecule has 1 aromatic carbocycles. The third-order valence-corrected chi connectivity index (χ3v) is 4.91. The molecule has 1 aliphatic carbocycles. The quantitative estimate of drug-likeness (QED) is 0.818. The van der Waals surface area contributed by atoms with Gasteiger partial charge in [0, 0.05) is 13.0 Å². The van der Waals surface area contributed by atoms with Gasteiger partial charge in [-0.15, -0.1) is 0 Å². The number of rotatable bonds is 5. The Morgan fingerprint density at radius 1 is 1.14 bits per heavy atom. The molecule has 0 saturated heterocycles. The largest absolute Gasteiger partial charge is 0.390 e. The van der Waals surface area contributed by atoms with Gasteiger partial charge in [0.25, 0.3) is 0 Å². The third-order valence-electron chi connectivity index (χ3n) is 4.91. The first-order valence-corrected chi connectivity index (χ1v) is 8.45. The maximum Gasteiger partial charge on any atom is 0.0943 e. The molecule has 0 bridgehead atoms. The van der Waals surface area contributed by atoms with Crippen molar-refractivity contribution in [2.24, 2.45) is 0 Å². The van der Waals surface area contributed by atoms with Crippen molar-refractivity contribution in [3.8, 4) is 0 Å². The highest BCUT2D eigenvalue weighted by molar-refractivity contribution is 5.31. The van der Waals surface area contributed by atoms with Gasteiger partial charge in [0.2, 0.25) is 0 Å². The fourth-order valence-corrected chi connectivity index (χ4v) is 3.60. The van der Waals surface area contributed by atoms with E-state index in [0.717, 1.165) is 12.8 Å². The molecule has 1 saturated carbocycles. The Morgan fingerprint density at radius 3 is 2.43 bits per heavy atom. The number of hydrogen-bond acceptors (Lipinski definition) is 2. The Balaban J connectivity index is 2.17. The molecule has 1 aromatic rings. The Hall–Kier alpha value is -0.860. The SMILES string of the molecule is CCOC1(C(O)Cc2cc(C)ccc2C)CCCCCC1. The molecule has 0 aliphatic heterocycles. The molecule has 21 heavy (non-hydrogen) atoms. The molecule has 0 spiro atoms. The summed E-state index contributed by atoms with van der Waals surface area (Å²) in [5.41, 5.74) is 3.45. The smallest absolute Gasteiger partial charge is 0.0943 e. The van der Waals surface area contributed by atoms with E-state index >= 15 is 0 Å². The monoisotopic (exact) mass is 290 g/mol.